The van der Waals surface area contributed by atoms with Gasteiger partial charge in [-0.15, -0.1) is 0 Å². The lowest BCUT2D eigenvalue weighted by Gasteiger charge is -2.11. The Balaban J connectivity index is 1.61. The van der Waals surface area contributed by atoms with Crippen LogP contribution in [0, 0.1) is 6.92 Å². The average Bonchev–Trinajstić information content (AvgIpc) is 3.26. The average molecular weight is 392 g/mol. The van der Waals surface area contributed by atoms with Crippen LogP contribution >= 0.6 is 0 Å². The van der Waals surface area contributed by atoms with E-state index in [0.29, 0.717) is 0 Å². The molecule has 4 rings (SSSR count). The van der Waals surface area contributed by atoms with Gasteiger partial charge in [-0.2, -0.15) is 5.10 Å². The lowest BCUT2D eigenvalue weighted by Crippen LogP contribution is -2.08. The molecule has 1 aromatic carbocycles. The fraction of sp³-hybridized carbons (Fsp3) is 0.286. The summed E-state index contributed by atoms with van der Waals surface area (Å²) in [6.45, 7) is 2.73. The van der Waals surface area contributed by atoms with Gasteiger partial charge < -0.3 is 14.8 Å². The summed E-state index contributed by atoms with van der Waals surface area (Å²) in [5.74, 6) is 2.39. The van der Waals surface area contributed by atoms with Gasteiger partial charge in [0.1, 0.15) is 11.5 Å². The first-order chi connectivity index (χ1) is 14.1. The topological polar surface area (TPSA) is 78.5 Å². The smallest absolute Gasteiger partial charge is 0.160 e. The van der Waals surface area contributed by atoms with Crippen LogP contribution in [0.3, 0.4) is 0 Å². The largest absolute Gasteiger partial charge is 0.493 e. The predicted molar refractivity (Wildman–Crippen MR) is 112 cm³/mol. The molecule has 0 spiro atoms. The third kappa shape index (κ3) is 3.61. The monoisotopic (exact) mass is 392 g/mol. The Morgan fingerprint density at radius 3 is 2.69 bits per heavy atom. The molecule has 0 radical (unpaired) electrons. The van der Waals surface area contributed by atoms with Gasteiger partial charge in [0.15, 0.2) is 17.1 Å². The number of benzene rings is 1. The first-order valence-electron chi connectivity index (χ1n) is 9.38. The highest BCUT2D eigenvalue weighted by molar-refractivity contribution is 5.77. The number of aromatic nitrogens is 5. The third-order valence-electron chi connectivity index (χ3n) is 4.85. The maximum Gasteiger partial charge on any atom is 0.160 e. The third-order valence-corrected chi connectivity index (χ3v) is 4.85. The zero-order chi connectivity index (χ0) is 20.4. The minimum atomic E-state index is 0.729. The van der Waals surface area contributed by atoms with Gasteiger partial charge in [-0.3, -0.25) is 14.1 Å². The van der Waals surface area contributed by atoms with Crippen molar-refractivity contribution in [3.05, 3.63) is 54.2 Å². The van der Waals surface area contributed by atoms with E-state index in [2.05, 4.69) is 15.4 Å². The molecule has 29 heavy (non-hydrogen) atoms. The quantitative estimate of drug-likeness (QED) is 0.521. The van der Waals surface area contributed by atoms with Gasteiger partial charge in [-0.1, -0.05) is 6.07 Å². The standard InChI is InChI=1S/C21H24N6O2/c1-14-16(13-26(2)25-14)20-21(27-10-9-22-12-19(27)24-20)23-8-7-15-5-6-17(28-3)18(11-15)29-4/h5-6,9-13,23H,7-8H2,1-4H3. The Hall–Kier alpha value is -3.55. The molecule has 0 bridgehead atoms. The van der Waals surface area contributed by atoms with Crippen molar-refractivity contribution in [3.63, 3.8) is 0 Å². The molecule has 0 aliphatic heterocycles. The summed E-state index contributed by atoms with van der Waals surface area (Å²) in [7, 11) is 5.20. The van der Waals surface area contributed by atoms with Crippen molar-refractivity contribution in [1.29, 1.82) is 0 Å². The molecular formula is C21H24N6O2. The molecule has 3 heterocycles. The van der Waals surface area contributed by atoms with E-state index >= 15 is 0 Å². The SMILES string of the molecule is COc1ccc(CCNc2c(-c3cn(C)nc3C)nc3cnccn23)cc1OC. The number of rotatable bonds is 7. The summed E-state index contributed by atoms with van der Waals surface area (Å²) >= 11 is 0. The Morgan fingerprint density at radius 1 is 1.14 bits per heavy atom. The van der Waals surface area contributed by atoms with Gasteiger partial charge in [0, 0.05) is 37.7 Å². The minimum Gasteiger partial charge on any atom is -0.493 e. The second-order valence-electron chi connectivity index (χ2n) is 6.78. The van der Waals surface area contributed by atoms with Crippen molar-refractivity contribution in [2.24, 2.45) is 7.05 Å². The van der Waals surface area contributed by atoms with E-state index in [1.807, 2.05) is 49.0 Å². The Bertz CT molecular complexity index is 1150. The van der Waals surface area contributed by atoms with Crippen molar-refractivity contribution in [2.45, 2.75) is 13.3 Å². The molecule has 8 nitrogen and oxygen atoms in total. The molecule has 8 heteroatoms. The van der Waals surface area contributed by atoms with Crippen LogP contribution < -0.4 is 14.8 Å². The van der Waals surface area contributed by atoms with Crippen molar-refractivity contribution >= 4 is 11.5 Å². The molecule has 0 unspecified atom stereocenters. The Labute approximate surface area is 169 Å². The minimum absolute atomic E-state index is 0.729. The van der Waals surface area contributed by atoms with E-state index in [1.54, 1.807) is 31.3 Å². The summed E-state index contributed by atoms with van der Waals surface area (Å²) in [6, 6.07) is 5.98. The molecule has 3 aromatic heterocycles. The number of methoxy groups -OCH3 is 2. The van der Waals surface area contributed by atoms with Crippen molar-refractivity contribution in [2.75, 3.05) is 26.1 Å². The molecular weight excluding hydrogens is 368 g/mol. The fourth-order valence-electron chi connectivity index (χ4n) is 3.46. The van der Waals surface area contributed by atoms with Crippen LogP contribution in [0.5, 0.6) is 11.5 Å². The van der Waals surface area contributed by atoms with Crippen LogP contribution in [0.2, 0.25) is 0 Å². The Kier molecular flexibility index (Phi) is 5.07. The van der Waals surface area contributed by atoms with Crippen molar-refractivity contribution in [3.8, 4) is 22.8 Å². The van der Waals surface area contributed by atoms with Gasteiger partial charge in [0.2, 0.25) is 0 Å². The molecule has 0 saturated heterocycles. The van der Waals surface area contributed by atoms with Crippen LogP contribution in [0.1, 0.15) is 11.3 Å². The molecule has 4 aromatic rings. The number of fused-ring (bicyclic) bond motifs is 1. The zero-order valence-corrected chi connectivity index (χ0v) is 17.0. The number of nitrogens with zero attached hydrogens (tertiary/aromatic N) is 5. The number of imidazole rings is 1. The van der Waals surface area contributed by atoms with Crippen molar-refractivity contribution < 1.29 is 9.47 Å². The summed E-state index contributed by atoms with van der Waals surface area (Å²) in [4.78, 5) is 8.98. The normalized spacial score (nSPS) is 11.0. The van der Waals surface area contributed by atoms with Crippen LogP contribution in [-0.4, -0.2) is 44.9 Å². The number of ether oxygens (including phenoxy) is 2. The van der Waals surface area contributed by atoms with E-state index in [4.69, 9.17) is 14.5 Å². The number of nitrogens with one attached hydrogen (secondary N) is 1. The van der Waals surface area contributed by atoms with E-state index < -0.39 is 0 Å². The molecule has 0 aliphatic rings. The van der Waals surface area contributed by atoms with Crippen LogP contribution in [0.4, 0.5) is 5.82 Å². The van der Waals surface area contributed by atoms with Crippen molar-refractivity contribution in [1.82, 2.24) is 24.1 Å². The number of aryl methyl sites for hydroxylation is 2. The summed E-state index contributed by atoms with van der Waals surface area (Å²) in [5.41, 5.74) is 4.76. The Morgan fingerprint density at radius 2 is 1.97 bits per heavy atom. The summed E-state index contributed by atoms with van der Waals surface area (Å²) < 4.78 is 14.5. The van der Waals surface area contributed by atoms with Crippen LogP contribution in [0.25, 0.3) is 16.9 Å². The highest BCUT2D eigenvalue weighted by Gasteiger charge is 2.17. The molecule has 1 N–H and O–H groups in total. The lowest BCUT2D eigenvalue weighted by atomic mass is 10.1. The van der Waals surface area contributed by atoms with Crippen LogP contribution in [-0.2, 0) is 13.5 Å². The van der Waals surface area contributed by atoms with Crippen LogP contribution in [0.15, 0.2) is 43.0 Å². The first kappa shape index (κ1) is 18.8. The maximum absolute atomic E-state index is 5.40. The summed E-state index contributed by atoms with van der Waals surface area (Å²) in [5, 5.41) is 8.01. The molecule has 0 atom stereocenters. The number of hydrogen-bond acceptors (Lipinski definition) is 6. The molecule has 0 fully saturated rings. The highest BCUT2D eigenvalue weighted by Crippen LogP contribution is 2.31. The second kappa shape index (κ2) is 7.83. The first-order valence-corrected chi connectivity index (χ1v) is 9.38. The zero-order valence-electron chi connectivity index (χ0n) is 17.0. The van der Waals surface area contributed by atoms with Gasteiger partial charge in [0.05, 0.1) is 26.1 Å². The fourth-order valence-corrected chi connectivity index (χ4v) is 3.46. The van der Waals surface area contributed by atoms with Gasteiger partial charge in [0.25, 0.3) is 0 Å². The van der Waals surface area contributed by atoms with E-state index in [1.165, 1.54) is 0 Å². The highest BCUT2D eigenvalue weighted by atomic mass is 16.5. The summed E-state index contributed by atoms with van der Waals surface area (Å²) in [6.07, 6.45) is 8.24. The van der Waals surface area contributed by atoms with E-state index in [9.17, 15) is 0 Å². The molecule has 0 saturated carbocycles. The van der Waals surface area contributed by atoms with Gasteiger partial charge >= 0.3 is 0 Å². The molecule has 150 valence electrons. The van der Waals surface area contributed by atoms with E-state index in [-0.39, 0.29) is 0 Å². The van der Waals surface area contributed by atoms with Gasteiger partial charge in [-0.05, 0) is 31.0 Å². The number of hydrogen-bond donors (Lipinski definition) is 1. The predicted octanol–water partition coefficient (Wildman–Crippen LogP) is 3.11. The van der Waals surface area contributed by atoms with Gasteiger partial charge in [-0.25, -0.2) is 4.98 Å². The second-order valence-corrected chi connectivity index (χ2v) is 6.78. The molecule has 0 amide bonds. The number of anilines is 1. The van der Waals surface area contributed by atoms with E-state index in [0.717, 1.165) is 58.4 Å². The maximum atomic E-state index is 5.40. The lowest BCUT2D eigenvalue weighted by molar-refractivity contribution is 0.354. The molecule has 0 aliphatic carbocycles.